The average molecular weight is 184 g/mol. The molecule has 0 heterocycles. The van der Waals surface area contributed by atoms with Crippen LogP contribution in [0.25, 0.3) is 0 Å². The first-order chi connectivity index (χ1) is 6.07. The summed E-state index contributed by atoms with van der Waals surface area (Å²) in [4.78, 5) is 2.55. The Hall–Kier alpha value is -0.0800. The van der Waals surface area contributed by atoms with Gasteiger partial charge in [0.25, 0.3) is 0 Å². The molecule has 1 aliphatic rings. The summed E-state index contributed by atoms with van der Waals surface area (Å²) in [5, 5.41) is 0. The molecule has 1 rings (SSSR count). The monoisotopic (exact) mass is 184 g/mol. The Labute approximate surface area is 82.5 Å². The lowest BCUT2D eigenvalue weighted by atomic mass is 9.93. The van der Waals surface area contributed by atoms with Crippen molar-refractivity contribution in [2.75, 3.05) is 26.2 Å². The van der Waals surface area contributed by atoms with Crippen LogP contribution in [-0.2, 0) is 0 Å². The zero-order chi connectivity index (χ0) is 9.90. The fourth-order valence-corrected chi connectivity index (χ4v) is 1.64. The van der Waals surface area contributed by atoms with Crippen LogP contribution in [0.4, 0.5) is 0 Å². The second-order valence-corrected chi connectivity index (χ2v) is 5.14. The maximum Gasteiger partial charge on any atom is 0.00447 e. The molecule has 2 N–H and O–H groups in total. The van der Waals surface area contributed by atoms with Gasteiger partial charge in [0.15, 0.2) is 0 Å². The Morgan fingerprint density at radius 3 is 2.38 bits per heavy atom. The molecule has 0 amide bonds. The Balaban J connectivity index is 2.28. The van der Waals surface area contributed by atoms with Gasteiger partial charge in [-0.25, -0.2) is 0 Å². The lowest BCUT2D eigenvalue weighted by Crippen LogP contribution is -2.39. The standard InChI is InChI=1S/C11H24N2/c1-4-13(7-10-5-6-10)9-11(2,3)8-12/h10H,4-9,12H2,1-3H3. The van der Waals surface area contributed by atoms with Crippen molar-refractivity contribution in [3.8, 4) is 0 Å². The molecular formula is C11H24N2. The van der Waals surface area contributed by atoms with Gasteiger partial charge in [0.1, 0.15) is 0 Å². The van der Waals surface area contributed by atoms with Crippen LogP contribution < -0.4 is 5.73 Å². The Morgan fingerprint density at radius 1 is 1.38 bits per heavy atom. The molecule has 0 atom stereocenters. The van der Waals surface area contributed by atoms with Crippen molar-refractivity contribution in [1.82, 2.24) is 4.90 Å². The minimum Gasteiger partial charge on any atom is -0.330 e. The van der Waals surface area contributed by atoms with Crippen molar-refractivity contribution in [1.29, 1.82) is 0 Å². The molecule has 1 fully saturated rings. The fourth-order valence-electron chi connectivity index (χ4n) is 1.64. The Kier molecular flexibility index (Phi) is 3.74. The van der Waals surface area contributed by atoms with E-state index in [2.05, 4.69) is 25.7 Å². The summed E-state index contributed by atoms with van der Waals surface area (Å²) < 4.78 is 0. The number of hydrogen-bond donors (Lipinski definition) is 1. The largest absolute Gasteiger partial charge is 0.330 e. The molecule has 0 spiro atoms. The normalized spacial score (nSPS) is 18.2. The molecule has 1 saturated carbocycles. The molecular weight excluding hydrogens is 160 g/mol. The minimum absolute atomic E-state index is 0.283. The number of rotatable bonds is 6. The highest BCUT2D eigenvalue weighted by molar-refractivity contribution is 4.80. The van der Waals surface area contributed by atoms with E-state index in [1.54, 1.807) is 0 Å². The summed E-state index contributed by atoms with van der Waals surface area (Å²) in [6.45, 7) is 11.1. The number of hydrogen-bond acceptors (Lipinski definition) is 2. The maximum absolute atomic E-state index is 5.73. The zero-order valence-corrected chi connectivity index (χ0v) is 9.34. The predicted octanol–water partition coefficient (Wildman–Crippen LogP) is 1.70. The highest BCUT2D eigenvalue weighted by atomic mass is 15.1. The van der Waals surface area contributed by atoms with Gasteiger partial charge in [-0.05, 0) is 37.3 Å². The Bertz CT molecular complexity index is 150. The van der Waals surface area contributed by atoms with Gasteiger partial charge >= 0.3 is 0 Å². The summed E-state index contributed by atoms with van der Waals surface area (Å²) in [6, 6.07) is 0. The van der Waals surface area contributed by atoms with Crippen molar-refractivity contribution in [2.45, 2.75) is 33.6 Å². The van der Waals surface area contributed by atoms with Gasteiger partial charge in [-0.2, -0.15) is 0 Å². The summed E-state index contributed by atoms with van der Waals surface area (Å²) in [7, 11) is 0. The molecule has 0 radical (unpaired) electrons. The van der Waals surface area contributed by atoms with Gasteiger partial charge in [0.2, 0.25) is 0 Å². The van der Waals surface area contributed by atoms with Crippen molar-refractivity contribution in [3.05, 3.63) is 0 Å². The lowest BCUT2D eigenvalue weighted by Gasteiger charge is -2.31. The molecule has 13 heavy (non-hydrogen) atoms. The third kappa shape index (κ3) is 4.10. The van der Waals surface area contributed by atoms with Crippen LogP contribution in [0.15, 0.2) is 0 Å². The molecule has 2 nitrogen and oxygen atoms in total. The van der Waals surface area contributed by atoms with E-state index in [0.717, 1.165) is 19.0 Å². The van der Waals surface area contributed by atoms with E-state index in [1.807, 2.05) is 0 Å². The zero-order valence-electron chi connectivity index (χ0n) is 9.34. The fraction of sp³-hybridized carbons (Fsp3) is 1.00. The molecule has 0 bridgehead atoms. The molecule has 0 unspecified atom stereocenters. The van der Waals surface area contributed by atoms with Crippen LogP contribution >= 0.6 is 0 Å². The number of nitrogens with zero attached hydrogens (tertiary/aromatic N) is 1. The first kappa shape index (κ1) is 11.0. The van der Waals surface area contributed by atoms with Crippen molar-refractivity contribution in [2.24, 2.45) is 17.1 Å². The van der Waals surface area contributed by atoms with Crippen LogP contribution in [0.1, 0.15) is 33.6 Å². The van der Waals surface area contributed by atoms with Gasteiger partial charge in [0.05, 0.1) is 0 Å². The topological polar surface area (TPSA) is 29.3 Å². The van der Waals surface area contributed by atoms with Crippen LogP contribution in [0.3, 0.4) is 0 Å². The summed E-state index contributed by atoms with van der Waals surface area (Å²) in [5.74, 6) is 0.994. The van der Waals surface area contributed by atoms with E-state index < -0.39 is 0 Å². The molecule has 78 valence electrons. The quantitative estimate of drug-likeness (QED) is 0.681. The predicted molar refractivity (Wildman–Crippen MR) is 57.7 cm³/mol. The number of nitrogens with two attached hydrogens (primary N) is 1. The second kappa shape index (κ2) is 4.43. The van der Waals surface area contributed by atoms with Crippen LogP contribution in [0.2, 0.25) is 0 Å². The van der Waals surface area contributed by atoms with Crippen molar-refractivity contribution < 1.29 is 0 Å². The van der Waals surface area contributed by atoms with E-state index in [9.17, 15) is 0 Å². The van der Waals surface area contributed by atoms with Gasteiger partial charge in [-0.1, -0.05) is 20.8 Å². The second-order valence-electron chi connectivity index (χ2n) is 5.14. The molecule has 0 aromatic rings. The van der Waals surface area contributed by atoms with Gasteiger partial charge in [0, 0.05) is 13.1 Å². The lowest BCUT2D eigenvalue weighted by molar-refractivity contribution is 0.184. The summed E-state index contributed by atoms with van der Waals surface area (Å²) >= 11 is 0. The maximum atomic E-state index is 5.73. The smallest absolute Gasteiger partial charge is 0.00447 e. The Morgan fingerprint density at radius 2 is 2.00 bits per heavy atom. The molecule has 0 aliphatic heterocycles. The van der Waals surface area contributed by atoms with E-state index in [-0.39, 0.29) is 5.41 Å². The van der Waals surface area contributed by atoms with E-state index in [1.165, 1.54) is 25.9 Å². The first-order valence-electron chi connectivity index (χ1n) is 5.50. The van der Waals surface area contributed by atoms with Crippen LogP contribution in [0, 0.1) is 11.3 Å². The third-order valence-corrected chi connectivity index (χ3v) is 2.86. The van der Waals surface area contributed by atoms with Gasteiger partial charge < -0.3 is 10.6 Å². The third-order valence-electron chi connectivity index (χ3n) is 2.86. The molecule has 2 heteroatoms. The van der Waals surface area contributed by atoms with E-state index in [0.29, 0.717) is 0 Å². The average Bonchev–Trinajstić information content (AvgIpc) is 2.87. The van der Waals surface area contributed by atoms with E-state index >= 15 is 0 Å². The minimum atomic E-state index is 0.283. The summed E-state index contributed by atoms with van der Waals surface area (Å²) in [6.07, 6.45) is 2.89. The SMILES string of the molecule is CCN(CC1CC1)CC(C)(C)CN. The van der Waals surface area contributed by atoms with Crippen LogP contribution in [-0.4, -0.2) is 31.1 Å². The highest BCUT2D eigenvalue weighted by Gasteiger charge is 2.26. The first-order valence-corrected chi connectivity index (χ1v) is 5.50. The molecule has 0 aromatic heterocycles. The van der Waals surface area contributed by atoms with Gasteiger partial charge in [-0.15, -0.1) is 0 Å². The van der Waals surface area contributed by atoms with Crippen LogP contribution in [0.5, 0.6) is 0 Å². The van der Waals surface area contributed by atoms with E-state index in [4.69, 9.17) is 5.73 Å². The molecule has 0 aromatic carbocycles. The molecule has 0 saturated heterocycles. The molecule has 1 aliphatic carbocycles. The van der Waals surface area contributed by atoms with Crippen molar-refractivity contribution in [3.63, 3.8) is 0 Å². The summed E-state index contributed by atoms with van der Waals surface area (Å²) in [5.41, 5.74) is 6.01. The van der Waals surface area contributed by atoms with Gasteiger partial charge in [-0.3, -0.25) is 0 Å². The highest BCUT2D eigenvalue weighted by Crippen LogP contribution is 2.30. The van der Waals surface area contributed by atoms with Crippen molar-refractivity contribution >= 4 is 0 Å².